The van der Waals surface area contributed by atoms with E-state index in [4.69, 9.17) is 4.42 Å². The summed E-state index contributed by atoms with van der Waals surface area (Å²) in [5, 5.41) is 17.5. The van der Waals surface area contributed by atoms with Crippen LogP contribution in [0, 0.1) is 5.41 Å². The average molecular weight is 300 g/mol. The molecule has 21 heavy (non-hydrogen) atoms. The van der Waals surface area contributed by atoms with Gasteiger partial charge in [0, 0.05) is 5.56 Å². The molecular formula is C14H15F3N2O2. The molecule has 0 aliphatic rings. The van der Waals surface area contributed by atoms with Crippen LogP contribution in [0.5, 0.6) is 0 Å². The van der Waals surface area contributed by atoms with Crippen molar-refractivity contribution >= 4 is 0 Å². The van der Waals surface area contributed by atoms with Gasteiger partial charge in [0.15, 0.2) is 0 Å². The molecule has 0 aliphatic carbocycles. The molecule has 0 aliphatic heterocycles. The lowest BCUT2D eigenvalue weighted by Gasteiger charge is -2.22. The Hall–Kier alpha value is -1.89. The van der Waals surface area contributed by atoms with Gasteiger partial charge in [-0.25, -0.2) is 0 Å². The number of aromatic nitrogens is 2. The largest absolute Gasteiger partial charge is 0.418 e. The Labute approximate surface area is 119 Å². The van der Waals surface area contributed by atoms with Crippen molar-refractivity contribution in [2.45, 2.75) is 33.1 Å². The fraction of sp³-hybridized carbons (Fsp3) is 0.429. The van der Waals surface area contributed by atoms with Crippen LogP contribution in [0.3, 0.4) is 0 Å². The average Bonchev–Trinajstić information content (AvgIpc) is 2.85. The molecule has 0 unspecified atom stereocenters. The van der Waals surface area contributed by atoms with Crippen LogP contribution in [0.15, 0.2) is 28.7 Å². The molecule has 0 fully saturated rings. The van der Waals surface area contributed by atoms with E-state index in [2.05, 4.69) is 10.2 Å². The molecule has 0 bridgehead atoms. The summed E-state index contributed by atoms with van der Waals surface area (Å²) in [7, 11) is 0. The van der Waals surface area contributed by atoms with E-state index in [9.17, 15) is 18.3 Å². The van der Waals surface area contributed by atoms with Gasteiger partial charge < -0.3 is 9.52 Å². The van der Waals surface area contributed by atoms with Crippen LogP contribution >= 0.6 is 0 Å². The summed E-state index contributed by atoms with van der Waals surface area (Å²) in [6.07, 6.45) is -5.34. The van der Waals surface area contributed by atoms with Gasteiger partial charge in [-0.05, 0) is 29.7 Å². The molecule has 0 amide bonds. The summed E-state index contributed by atoms with van der Waals surface area (Å²) in [5.41, 5.74) is -0.868. The zero-order valence-corrected chi connectivity index (χ0v) is 11.8. The van der Waals surface area contributed by atoms with E-state index in [0.717, 1.165) is 12.1 Å². The first-order valence-corrected chi connectivity index (χ1v) is 6.28. The highest BCUT2D eigenvalue weighted by Gasteiger charge is 2.31. The van der Waals surface area contributed by atoms with Crippen LogP contribution in [-0.4, -0.2) is 15.3 Å². The van der Waals surface area contributed by atoms with Crippen LogP contribution in [0.4, 0.5) is 13.2 Å². The third kappa shape index (κ3) is 3.41. The molecule has 0 radical (unpaired) electrons. The van der Waals surface area contributed by atoms with E-state index >= 15 is 0 Å². The maximum absolute atomic E-state index is 12.5. The lowest BCUT2D eigenvalue weighted by molar-refractivity contribution is -0.137. The van der Waals surface area contributed by atoms with E-state index < -0.39 is 23.3 Å². The summed E-state index contributed by atoms with van der Waals surface area (Å²) in [5.74, 6) is 0.111. The standard InChI is InChI=1S/C14H15F3N2O2/c1-13(2,3)10(20)12-19-18-11(21-12)8-4-6-9(7-5-8)14(15,16)17/h4-7,10,20H,1-3H3/t10-/m1/s1. The van der Waals surface area contributed by atoms with E-state index in [1.54, 1.807) is 20.8 Å². The lowest BCUT2D eigenvalue weighted by Crippen LogP contribution is -2.18. The third-order valence-electron chi connectivity index (χ3n) is 2.95. The normalized spacial score (nSPS) is 14.2. The maximum atomic E-state index is 12.5. The number of halogens is 3. The van der Waals surface area contributed by atoms with Crippen molar-refractivity contribution in [3.05, 3.63) is 35.7 Å². The number of rotatable bonds is 2. The Kier molecular flexibility index (Phi) is 3.79. The molecule has 0 saturated heterocycles. The van der Waals surface area contributed by atoms with Crippen molar-refractivity contribution in [2.24, 2.45) is 5.41 Å². The Morgan fingerprint density at radius 2 is 1.62 bits per heavy atom. The minimum Gasteiger partial charge on any atom is -0.418 e. The Bertz CT molecular complexity index is 612. The SMILES string of the molecule is CC(C)(C)[C@H](O)c1nnc(-c2ccc(C(F)(F)F)cc2)o1. The number of aliphatic hydroxyl groups is 1. The lowest BCUT2D eigenvalue weighted by atomic mass is 9.89. The molecule has 114 valence electrons. The number of alkyl halides is 3. The van der Waals surface area contributed by atoms with Crippen LogP contribution in [0.2, 0.25) is 0 Å². The Morgan fingerprint density at radius 3 is 2.10 bits per heavy atom. The number of nitrogens with zero attached hydrogens (tertiary/aromatic N) is 2. The first-order valence-electron chi connectivity index (χ1n) is 6.28. The molecular weight excluding hydrogens is 285 g/mol. The van der Waals surface area contributed by atoms with Gasteiger partial charge in [-0.1, -0.05) is 20.8 Å². The molecule has 1 aromatic heterocycles. The summed E-state index contributed by atoms with van der Waals surface area (Å²) >= 11 is 0. The summed E-state index contributed by atoms with van der Waals surface area (Å²) in [4.78, 5) is 0. The Balaban J connectivity index is 2.26. The highest BCUT2D eigenvalue weighted by atomic mass is 19.4. The zero-order chi connectivity index (χ0) is 15.8. The molecule has 7 heteroatoms. The molecule has 1 atom stereocenters. The van der Waals surface area contributed by atoms with E-state index in [1.807, 2.05) is 0 Å². The van der Waals surface area contributed by atoms with E-state index in [0.29, 0.717) is 5.56 Å². The van der Waals surface area contributed by atoms with Crippen molar-refractivity contribution in [2.75, 3.05) is 0 Å². The molecule has 1 aromatic carbocycles. The molecule has 1 heterocycles. The van der Waals surface area contributed by atoms with Gasteiger partial charge in [0.1, 0.15) is 6.10 Å². The molecule has 0 spiro atoms. The maximum Gasteiger partial charge on any atom is 0.416 e. The van der Waals surface area contributed by atoms with Crippen LogP contribution in [0.1, 0.15) is 38.3 Å². The predicted octanol–water partition coefficient (Wildman–Crippen LogP) is 3.83. The highest BCUT2D eigenvalue weighted by Crippen LogP contribution is 2.34. The van der Waals surface area contributed by atoms with Crippen LogP contribution in [0.25, 0.3) is 11.5 Å². The molecule has 0 saturated carbocycles. The van der Waals surface area contributed by atoms with Gasteiger partial charge in [0.25, 0.3) is 0 Å². The second-order valence-electron chi connectivity index (χ2n) is 5.79. The number of hydrogen-bond acceptors (Lipinski definition) is 4. The van der Waals surface area contributed by atoms with Crippen molar-refractivity contribution in [1.29, 1.82) is 0 Å². The quantitative estimate of drug-likeness (QED) is 0.915. The van der Waals surface area contributed by atoms with Crippen molar-refractivity contribution < 1.29 is 22.7 Å². The van der Waals surface area contributed by atoms with Gasteiger partial charge in [-0.15, -0.1) is 10.2 Å². The summed E-state index contributed by atoms with van der Waals surface area (Å²) in [6, 6.07) is 4.39. The first kappa shape index (κ1) is 15.5. The second kappa shape index (κ2) is 5.14. The van der Waals surface area contributed by atoms with E-state index in [1.165, 1.54) is 12.1 Å². The van der Waals surface area contributed by atoms with Crippen LogP contribution in [-0.2, 0) is 6.18 Å². The monoisotopic (exact) mass is 300 g/mol. The summed E-state index contributed by atoms with van der Waals surface area (Å²) < 4.78 is 42.8. The van der Waals surface area contributed by atoms with Gasteiger partial charge in [-0.3, -0.25) is 0 Å². The fourth-order valence-electron chi connectivity index (χ4n) is 1.63. The van der Waals surface area contributed by atoms with Gasteiger partial charge in [0.2, 0.25) is 11.8 Å². The molecule has 2 aromatic rings. The molecule has 1 N–H and O–H groups in total. The Morgan fingerprint density at radius 1 is 1.05 bits per heavy atom. The topological polar surface area (TPSA) is 59.2 Å². The number of benzene rings is 1. The minimum absolute atomic E-state index is 0.0393. The predicted molar refractivity (Wildman–Crippen MR) is 69.2 cm³/mol. The number of hydrogen-bond donors (Lipinski definition) is 1. The second-order valence-corrected chi connectivity index (χ2v) is 5.79. The fourth-order valence-corrected chi connectivity index (χ4v) is 1.63. The smallest absolute Gasteiger partial charge is 0.416 e. The third-order valence-corrected chi connectivity index (χ3v) is 2.95. The van der Waals surface area contributed by atoms with Crippen LogP contribution < -0.4 is 0 Å². The van der Waals surface area contributed by atoms with Crippen molar-refractivity contribution in [3.63, 3.8) is 0 Å². The van der Waals surface area contributed by atoms with Gasteiger partial charge in [-0.2, -0.15) is 13.2 Å². The highest BCUT2D eigenvalue weighted by molar-refractivity contribution is 5.53. The first-order chi connectivity index (χ1) is 9.59. The van der Waals surface area contributed by atoms with Crippen molar-refractivity contribution in [1.82, 2.24) is 10.2 Å². The minimum atomic E-state index is -4.39. The zero-order valence-electron chi connectivity index (χ0n) is 11.8. The molecule has 4 nitrogen and oxygen atoms in total. The van der Waals surface area contributed by atoms with Crippen molar-refractivity contribution in [3.8, 4) is 11.5 Å². The van der Waals surface area contributed by atoms with E-state index in [-0.39, 0.29) is 11.8 Å². The van der Waals surface area contributed by atoms with Gasteiger partial charge >= 0.3 is 6.18 Å². The van der Waals surface area contributed by atoms with Gasteiger partial charge in [0.05, 0.1) is 5.56 Å². The summed E-state index contributed by atoms with van der Waals surface area (Å²) in [6.45, 7) is 5.42. The molecule has 2 rings (SSSR count). The number of aliphatic hydroxyl groups excluding tert-OH is 1.